The minimum atomic E-state index is -0.422. The van der Waals surface area contributed by atoms with E-state index in [0.717, 1.165) is 32.1 Å². The Morgan fingerprint density at radius 2 is 1.75 bits per heavy atom. The van der Waals surface area contributed by atoms with E-state index in [1.165, 1.54) is 32.8 Å². The van der Waals surface area contributed by atoms with Crippen LogP contribution < -0.4 is 0 Å². The number of aliphatic hydroxyl groups excluding tert-OH is 1. The predicted molar refractivity (Wildman–Crippen MR) is 122 cm³/mol. The van der Waals surface area contributed by atoms with Gasteiger partial charge in [-0.25, -0.2) is 0 Å². The number of carbonyl (C=O) groups is 1. The third-order valence-electron chi connectivity index (χ3n) is 11.3. The smallest absolute Gasteiger partial charge is 0.305 e. The number of esters is 1. The van der Waals surface area contributed by atoms with Crippen molar-refractivity contribution in [2.24, 2.45) is 46.3 Å². The van der Waals surface area contributed by atoms with Gasteiger partial charge in [0.1, 0.15) is 0 Å². The molecule has 0 unspecified atom stereocenters. The zero-order valence-electron chi connectivity index (χ0n) is 20.6. The molecule has 4 saturated carbocycles. The first kappa shape index (κ1) is 23.1. The molecule has 0 aromatic carbocycles. The van der Waals surface area contributed by atoms with Gasteiger partial charge < -0.3 is 19.3 Å². The molecule has 0 aromatic rings. The summed E-state index contributed by atoms with van der Waals surface area (Å²) in [5.74, 6) is 3.04. The average molecular weight is 449 g/mol. The molecule has 0 radical (unpaired) electrons. The number of ether oxygens (including phenoxy) is 3. The summed E-state index contributed by atoms with van der Waals surface area (Å²) in [7, 11) is 1.49. The lowest BCUT2D eigenvalue weighted by atomic mass is 9.43. The second-order valence-corrected chi connectivity index (χ2v) is 12.4. The molecule has 0 amide bonds. The van der Waals surface area contributed by atoms with Crippen molar-refractivity contribution < 1.29 is 24.1 Å². The molecule has 0 aromatic heterocycles. The first-order valence-corrected chi connectivity index (χ1v) is 13.3. The van der Waals surface area contributed by atoms with E-state index in [4.69, 9.17) is 14.2 Å². The fraction of sp³-hybridized carbons (Fsp3) is 0.963. The van der Waals surface area contributed by atoms with Crippen molar-refractivity contribution in [3.8, 4) is 0 Å². The second kappa shape index (κ2) is 8.23. The largest absolute Gasteiger partial charge is 0.469 e. The predicted octanol–water partition coefficient (Wildman–Crippen LogP) is 4.95. The quantitative estimate of drug-likeness (QED) is 0.617. The zero-order chi connectivity index (χ0) is 22.7. The Labute approximate surface area is 193 Å². The summed E-state index contributed by atoms with van der Waals surface area (Å²) in [5.41, 5.74) is 0.534. The average Bonchev–Trinajstić information content (AvgIpc) is 3.37. The fourth-order valence-electron chi connectivity index (χ4n) is 9.61. The van der Waals surface area contributed by atoms with E-state index in [0.29, 0.717) is 54.6 Å². The molecule has 1 heterocycles. The van der Waals surface area contributed by atoms with Gasteiger partial charge in [-0.2, -0.15) is 0 Å². The maximum atomic E-state index is 11.7. The molecule has 1 aliphatic heterocycles. The van der Waals surface area contributed by atoms with E-state index in [2.05, 4.69) is 20.8 Å². The third-order valence-corrected chi connectivity index (χ3v) is 11.3. The summed E-state index contributed by atoms with van der Waals surface area (Å²) in [6.45, 7) is 8.76. The standard InChI is InChI=1S/C27H44O5/c1-17(5-8-24(29)30-4)19-6-7-20-18-15-23(28)22-16-27(31-13-14-32-27)12-11-26(22,3)21(18)9-10-25(19,20)2/h17-23,28H,5-16H2,1-4H3/t17-,18+,19-,20+,21+,22+,23+,25-,26-/m1/s1. The van der Waals surface area contributed by atoms with Crippen LogP contribution >= 0.6 is 0 Å². The number of rotatable bonds is 4. The van der Waals surface area contributed by atoms with Gasteiger partial charge in [0.2, 0.25) is 0 Å². The summed E-state index contributed by atoms with van der Waals surface area (Å²) in [6, 6.07) is 0. The van der Waals surface area contributed by atoms with Crippen LogP contribution in [0.15, 0.2) is 0 Å². The van der Waals surface area contributed by atoms with Crippen LogP contribution in [0, 0.1) is 46.3 Å². The SMILES string of the molecule is COC(=O)CC[C@@H](C)[C@H]1CC[C@H]2[C@@H]3C[C@H](O)[C@@H]4CC5(CC[C@]4(C)[C@H]3CC[C@]12C)OCCO5. The Morgan fingerprint density at radius 3 is 2.47 bits per heavy atom. The Kier molecular flexibility index (Phi) is 5.95. The summed E-state index contributed by atoms with van der Waals surface area (Å²) in [5, 5.41) is 11.4. The van der Waals surface area contributed by atoms with Crippen LogP contribution in [0.5, 0.6) is 0 Å². The van der Waals surface area contributed by atoms with Crippen molar-refractivity contribution in [1.82, 2.24) is 0 Å². The summed E-state index contributed by atoms with van der Waals surface area (Å²) in [6.07, 6.45) is 10.3. The van der Waals surface area contributed by atoms with Crippen molar-refractivity contribution >= 4 is 5.97 Å². The van der Waals surface area contributed by atoms with Crippen LogP contribution in [0.2, 0.25) is 0 Å². The molecule has 1 spiro atoms. The topological polar surface area (TPSA) is 65.0 Å². The first-order valence-electron chi connectivity index (χ1n) is 13.3. The zero-order valence-corrected chi connectivity index (χ0v) is 20.6. The highest BCUT2D eigenvalue weighted by Gasteiger charge is 2.64. The molecule has 32 heavy (non-hydrogen) atoms. The molecule has 5 heteroatoms. The minimum Gasteiger partial charge on any atom is -0.469 e. The fourth-order valence-corrected chi connectivity index (χ4v) is 9.61. The molecule has 182 valence electrons. The minimum absolute atomic E-state index is 0.0834. The molecule has 5 rings (SSSR count). The third kappa shape index (κ3) is 3.48. The van der Waals surface area contributed by atoms with Crippen LogP contribution in [0.3, 0.4) is 0 Å². The Balaban J connectivity index is 1.33. The molecular formula is C27H44O5. The summed E-state index contributed by atoms with van der Waals surface area (Å²) >= 11 is 0. The number of fused-ring (bicyclic) bond motifs is 5. The first-order chi connectivity index (χ1) is 15.2. The highest BCUT2D eigenvalue weighted by Crippen LogP contribution is 2.69. The van der Waals surface area contributed by atoms with Crippen LogP contribution in [0.25, 0.3) is 0 Å². The molecule has 5 nitrogen and oxygen atoms in total. The van der Waals surface area contributed by atoms with Crippen LogP contribution in [0.4, 0.5) is 0 Å². The molecule has 1 saturated heterocycles. The number of hydrogen-bond acceptors (Lipinski definition) is 5. The lowest BCUT2D eigenvalue weighted by Gasteiger charge is -2.63. The number of aliphatic hydroxyl groups is 1. The molecule has 1 N–H and O–H groups in total. The van der Waals surface area contributed by atoms with Gasteiger partial charge in [0.15, 0.2) is 5.79 Å². The van der Waals surface area contributed by atoms with Gasteiger partial charge in [0, 0.05) is 19.3 Å². The van der Waals surface area contributed by atoms with Gasteiger partial charge in [-0.15, -0.1) is 0 Å². The second-order valence-electron chi connectivity index (χ2n) is 12.4. The maximum Gasteiger partial charge on any atom is 0.305 e. The van der Waals surface area contributed by atoms with Crippen molar-refractivity contribution in [2.45, 2.75) is 96.9 Å². The van der Waals surface area contributed by atoms with E-state index in [1.54, 1.807) is 0 Å². The van der Waals surface area contributed by atoms with Crippen LogP contribution in [-0.4, -0.2) is 43.3 Å². The van der Waals surface area contributed by atoms with Gasteiger partial charge in [-0.1, -0.05) is 20.8 Å². The number of carbonyl (C=O) groups excluding carboxylic acids is 1. The number of methoxy groups -OCH3 is 1. The van der Waals surface area contributed by atoms with Gasteiger partial charge in [-0.3, -0.25) is 4.79 Å². The lowest BCUT2D eigenvalue weighted by Crippen LogP contribution is -2.60. The highest BCUT2D eigenvalue weighted by molar-refractivity contribution is 5.69. The molecule has 4 aliphatic carbocycles. The van der Waals surface area contributed by atoms with E-state index in [-0.39, 0.29) is 23.4 Å². The van der Waals surface area contributed by atoms with Gasteiger partial charge >= 0.3 is 5.97 Å². The Morgan fingerprint density at radius 1 is 1.03 bits per heavy atom. The molecular weight excluding hydrogens is 404 g/mol. The van der Waals surface area contributed by atoms with E-state index < -0.39 is 5.79 Å². The van der Waals surface area contributed by atoms with Gasteiger partial charge in [-0.05, 0) is 91.3 Å². The van der Waals surface area contributed by atoms with Gasteiger partial charge in [0.25, 0.3) is 0 Å². The van der Waals surface area contributed by atoms with Crippen molar-refractivity contribution in [3.63, 3.8) is 0 Å². The van der Waals surface area contributed by atoms with E-state index in [1.807, 2.05) is 0 Å². The monoisotopic (exact) mass is 448 g/mol. The Hall–Kier alpha value is -0.650. The van der Waals surface area contributed by atoms with E-state index >= 15 is 0 Å². The lowest BCUT2D eigenvalue weighted by molar-refractivity contribution is -0.248. The van der Waals surface area contributed by atoms with Crippen molar-refractivity contribution in [2.75, 3.05) is 20.3 Å². The molecule has 0 bridgehead atoms. The van der Waals surface area contributed by atoms with Crippen LogP contribution in [0.1, 0.15) is 85.0 Å². The number of hydrogen-bond donors (Lipinski definition) is 1. The maximum absolute atomic E-state index is 11.7. The highest BCUT2D eigenvalue weighted by atomic mass is 16.7. The normalized spacial score (nSPS) is 48.0. The van der Waals surface area contributed by atoms with Crippen LogP contribution in [-0.2, 0) is 19.0 Å². The van der Waals surface area contributed by atoms with Crippen molar-refractivity contribution in [1.29, 1.82) is 0 Å². The molecule has 5 aliphatic rings. The Bertz CT molecular complexity index is 717. The summed E-state index contributed by atoms with van der Waals surface area (Å²) in [4.78, 5) is 11.7. The molecule has 5 fully saturated rings. The molecule has 9 atom stereocenters. The summed E-state index contributed by atoms with van der Waals surface area (Å²) < 4.78 is 17.0. The van der Waals surface area contributed by atoms with Crippen molar-refractivity contribution in [3.05, 3.63) is 0 Å². The van der Waals surface area contributed by atoms with E-state index in [9.17, 15) is 9.90 Å². The van der Waals surface area contributed by atoms with Gasteiger partial charge in [0.05, 0.1) is 26.4 Å².